The molecule has 2 N–H and O–H groups in total. The molecule has 31 heavy (non-hydrogen) atoms. The van der Waals surface area contributed by atoms with Gasteiger partial charge < -0.3 is 15.0 Å². The van der Waals surface area contributed by atoms with E-state index >= 15 is 0 Å². The highest BCUT2D eigenvalue weighted by Gasteiger charge is 2.31. The Kier molecular flexibility index (Phi) is 6.29. The van der Waals surface area contributed by atoms with Gasteiger partial charge in [0.25, 0.3) is 5.91 Å². The summed E-state index contributed by atoms with van der Waals surface area (Å²) >= 11 is 0. The summed E-state index contributed by atoms with van der Waals surface area (Å²) in [7, 11) is 0. The molecule has 0 unspecified atom stereocenters. The maximum Gasteiger partial charge on any atom is 0.573 e. The lowest BCUT2D eigenvalue weighted by Gasteiger charge is -2.11. The van der Waals surface area contributed by atoms with Gasteiger partial charge in [-0.1, -0.05) is 49.6 Å². The molecule has 0 aliphatic carbocycles. The van der Waals surface area contributed by atoms with Gasteiger partial charge >= 0.3 is 6.36 Å². The molecular formula is C23H18F4N2O2. The number of alkyl halides is 3. The van der Waals surface area contributed by atoms with Crippen LogP contribution in [0.25, 0.3) is 22.0 Å². The molecule has 2 aromatic carbocycles. The third-order valence-corrected chi connectivity index (χ3v) is 4.36. The molecule has 0 aliphatic heterocycles. The van der Waals surface area contributed by atoms with E-state index in [-0.39, 0.29) is 17.8 Å². The van der Waals surface area contributed by atoms with Crippen LogP contribution in [0.4, 0.5) is 17.6 Å². The first kappa shape index (κ1) is 21.9. The van der Waals surface area contributed by atoms with Gasteiger partial charge in [-0.25, -0.2) is 4.39 Å². The zero-order chi connectivity index (χ0) is 22.6. The minimum Gasteiger partial charge on any atom is -0.406 e. The van der Waals surface area contributed by atoms with E-state index in [1.165, 1.54) is 24.3 Å². The van der Waals surface area contributed by atoms with Crippen LogP contribution >= 0.6 is 0 Å². The predicted molar refractivity (Wildman–Crippen MR) is 111 cm³/mol. The second-order valence-corrected chi connectivity index (χ2v) is 6.55. The molecule has 1 amide bonds. The number of carbonyl (C=O) groups is 1. The van der Waals surface area contributed by atoms with Crippen LogP contribution in [-0.2, 0) is 4.74 Å². The van der Waals surface area contributed by atoms with Gasteiger partial charge in [-0.15, -0.1) is 13.2 Å². The fourth-order valence-electron chi connectivity index (χ4n) is 3.08. The maximum absolute atomic E-state index is 13.8. The number of H-pyrrole nitrogens is 1. The monoisotopic (exact) mass is 430 g/mol. The average molecular weight is 430 g/mol. The largest absolute Gasteiger partial charge is 0.573 e. The van der Waals surface area contributed by atoms with Crippen LogP contribution in [0.5, 0.6) is 0 Å². The third kappa shape index (κ3) is 5.42. The van der Waals surface area contributed by atoms with Crippen molar-refractivity contribution in [2.75, 3.05) is 6.54 Å². The molecule has 1 aromatic heterocycles. The van der Waals surface area contributed by atoms with E-state index in [1.54, 1.807) is 24.3 Å². The lowest BCUT2D eigenvalue weighted by atomic mass is 10.0. The fourth-order valence-corrected chi connectivity index (χ4v) is 3.08. The van der Waals surface area contributed by atoms with Crippen molar-refractivity contribution in [3.05, 3.63) is 96.7 Å². The molecule has 0 spiro atoms. The number of hydrogen-bond acceptors (Lipinski definition) is 2. The summed E-state index contributed by atoms with van der Waals surface area (Å²) in [4.78, 5) is 15.9. The molecule has 3 rings (SSSR count). The summed E-state index contributed by atoms with van der Waals surface area (Å²) in [5.41, 5.74) is 2.24. The highest BCUT2D eigenvalue weighted by molar-refractivity contribution is 6.09. The van der Waals surface area contributed by atoms with E-state index in [0.717, 1.165) is 6.08 Å². The second-order valence-electron chi connectivity index (χ2n) is 6.55. The molecule has 0 radical (unpaired) electrons. The van der Waals surface area contributed by atoms with E-state index in [1.807, 2.05) is 6.07 Å². The summed E-state index contributed by atoms with van der Waals surface area (Å²) in [6.45, 7) is 6.58. The van der Waals surface area contributed by atoms with Crippen LogP contribution in [0, 0.1) is 5.82 Å². The fraction of sp³-hybridized carbons (Fsp3) is 0.0870. The van der Waals surface area contributed by atoms with Crippen molar-refractivity contribution in [2.24, 2.45) is 0 Å². The summed E-state index contributed by atoms with van der Waals surface area (Å²) in [5.74, 6) is -1.61. The Morgan fingerprint density at radius 2 is 1.87 bits per heavy atom. The van der Waals surface area contributed by atoms with Crippen molar-refractivity contribution in [3.8, 4) is 11.1 Å². The average Bonchev–Trinajstić information content (AvgIpc) is 3.08. The molecule has 0 saturated heterocycles. The summed E-state index contributed by atoms with van der Waals surface area (Å²) < 4.78 is 54.4. The van der Waals surface area contributed by atoms with Crippen LogP contribution in [0.3, 0.4) is 0 Å². The van der Waals surface area contributed by atoms with Gasteiger partial charge in [0.1, 0.15) is 17.3 Å². The van der Waals surface area contributed by atoms with E-state index in [0.29, 0.717) is 22.0 Å². The molecule has 1 heterocycles. The number of ether oxygens (including phenoxy) is 1. The molecule has 160 valence electrons. The van der Waals surface area contributed by atoms with E-state index in [9.17, 15) is 22.4 Å². The number of allylic oxidation sites excluding steroid dienone is 1. The number of halogens is 4. The van der Waals surface area contributed by atoms with Crippen molar-refractivity contribution in [2.45, 2.75) is 6.36 Å². The lowest BCUT2D eigenvalue weighted by Crippen LogP contribution is -2.26. The molecule has 0 fully saturated rings. The van der Waals surface area contributed by atoms with E-state index in [4.69, 9.17) is 0 Å². The predicted octanol–water partition coefficient (Wildman–Crippen LogP) is 5.87. The quantitative estimate of drug-likeness (QED) is 0.280. The highest BCUT2D eigenvalue weighted by atomic mass is 19.4. The summed E-state index contributed by atoms with van der Waals surface area (Å²) in [5, 5.41) is 3.15. The molecule has 0 saturated carbocycles. The van der Waals surface area contributed by atoms with E-state index in [2.05, 4.69) is 28.2 Å². The Hall–Kier alpha value is -3.81. The van der Waals surface area contributed by atoms with Gasteiger partial charge in [0.15, 0.2) is 0 Å². The Balaban J connectivity index is 1.89. The number of benzene rings is 2. The molecule has 0 atom stereocenters. The first-order chi connectivity index (χ1) is 14.7. The second kappa shape index (κ2) is 8.91. The van der Waals surface area contributed by atoms with Crippen LogP contribution in [0.2, 0.25) is 0 Å². The number of aromatic nitrogens is 1. The number of hydrogen-bond donors (Lipinski definition) is 2. The Morgan fingerprint density at radius 1 is 1.16 bits per heavy atom. The normalized spacial score (nSPS) is 11.9. The van der Waals surface area contributed by atoms with Crippen molar-refractivity contribution in [1.29, 1.82) is 0 Å². The summed E-state index contributed by atoms with van der Waals surface area (Å²) in [6, 6.07) is 13.1. The van der Waals surface area contributed by atoms with E-state index < -0.39 is 23.8 Å². The van der Waals surface area contributed by atoms with Crippen molar-refractivity contribution in [3.63, 3.8) is 0 Å². The first-order valence-electron chi connectivity index (χ1n) is 9.10. The number of aromatic amines is 1. The van der Waals surface area contributed by atoms with Crippen molar-refractivity contribution < 1.29 is 27.1 Å². The van der Waals surface area contributed by atoms with Gasteiger partial charge in [0, 0.05) is 23.0 Å². The van der Waals surface area contributed by atoms with Gasteiger partial charge in [-0.3, -0.25) is 4.79 Å². The Morgan fingerprint density at radius 3 is 2.52 bits per heavy atom. The SMILES string of the molecule is C=C/C(=C\C(=C)OC(F)(F)F)CNC(=O)c1[nH]c2ccc(F)cc2c1-c1ccccc1. The standard InChI is InChI=1S/C23H18F4N2O2/c1-3-15(11-14(2)31-23(25,26)27)13-28-22(30)21-20(16-7-5-4-6-8-16)18-12-17(24)9-10-19(18)29-21/h3-12,29H,1-2,13H2,(H,28,30)/b15-11+. The third-order valence-electron chi connectivity index (χ3n) is 4.36. The minimum atomic E-state index is -4.87. The molecule has 0 bridgehead atoms. The van der Waals surface area contributed by atoms with Crippen LogP contribution < -0.4 is 5.32 Å². The molecule has 4 nitrogen and oxygen atoms in total. The van der Waals surface area contributed by atoms with Gasteiger partial charge in [-0.05, 0) is 35.4 Å². The van der Waals surface area contributed by atoms with Crippen LogP contribution in [0.15, 0.2) is 85.2 Å². The molecule has 3 aromatic rings. The zero-order valence-electron chi connectivity index (χ0n) is 16.2. The zero-order valence-corrected chi connectivity index (χ0v) is 16.2. The minimum absolute atomic E-state index is 0.124. The lowest BCUT2D eigenvalue weighted by molar-refractivity contribution is -0.303. The first-order valence-corrected chi connectivity index (χ1v) is 9.10. The molecular weight excluding hydrogens is 412 g/mol. The Labute approximate surface area is 175 Å². The van der Waals surface area contributed by atoms with Gasteiger partial charge in [0.05, 0.1) is 0 Å². The van der Waals surface area contributed by atoms with Gasteiger partial charge in [-0.2, -0.15) is 0 Å². The van der Waals surface area contributed by atoms with Crippen LogP contribution in [-0.4, -0.2) is 23.8 Å². The highest BCUT2D eigenvalue weighted by Crippen LogP contribution is 2.33. The maximum atomic E-state index is 13.8. The molecule has 8 heteroatoms. The molecule has 0 aliphatic rings. The van der Waals surface area contributed by atoms with Crippen molar-refractivity contribution >= 4 is 16.8 Å². The summed E-state index contributed by atoms with van der Waals surface area (Å²) in [6.07, 6.45) is -2.56. The number of rotatable bonds is 7. The number of nitrogens with one attached hydrogen (secondary N) is 2. The van der Waals surface area contributed by atoms with Crippen molar-refractivity contribution in [1.82, 2.24) is 10.3 Å². The number of carbonyl (C=O) groups excluding carboxylic acids is 1. The number of amides is 1. The van der Waals surface area contributed by atoms with Gasteiger partial charge in [0.2, 0.25) is 0 Å². The Bertz CT molecular complexity index is 1160. The van der Waals surface area contributed by atoms with Crippen LogP contribution in [0.1, 0.15) is 10.5 Å². The smallest absolute Gasteiger partial charge is 0.406 e. The number of fused-ring (bicyclic) bond motifs is 1. The topological polar surface area (TPSA) is 54.1 Å².